The van der Waals surface area contributed by atoms with Crippen LogP contribution in [-0.4, -0.2) is 37.6 Å². The largest absolute Gasteiger partial charge is 0.376 e. The molecule has 0 aliphatic carbocycles. The van der Waals surface area contributed by atoms with Gasteiger partial charge in [-0.25, -0.2) is 0 Å². The van der Waals surface area contributed by atoms with Crippen molar-refractivity contribution in [2.75, 3.05) is 32.2 Å². The van der Waals surface area contributed by atoms with Gasteiger partial charge in [0.2, 0.25) is 5.79 Å². The Kier molecular flexibility index (Phi) is 4.96. The van der Waals surface area contributed by atoms with Gasteiger partial charge < -0.3 is 19.5 Å². The lowest BCUT2D eigenvalue weighted by Crippen LogP contribution is -2.59. The number of hydrogen-bond acceptors (Lipinski definition) is 5. The summed E-state index contributed by atoms with van der Waals surface area (Å²) in [5, 5.41) is 3.53. The van der Waals surface area contributed by atoms with Crippen LogP contribution in [-0.2, 0) is 14.2 Å². The summed E-state index contributed by atoms with van der Waals surface area (Å²) in [6.45, 7) is 7.61. The van der Waals surface area contributed by atoms with E-state index >= 15 is 0 Å². The molecule has 2 unspecified atom stereocenters. The summed E-state index contributed by atoms with van der Waals surface area (Å²) >= 11 is 1.72. The second-order valence-corrected chi connectivity index (χ2v) is 6.24. The molecule has 0 spiro atoms. The number of anilines is 1. The van der Waals surface area contributed by atoms with E-state index in [-0.39, 0.29) is 0 Å². The second kappa shape index (κ2) is 6.35. The van der Waals surface area contributed by atoms with Crippen LogP contribution in [0.2, 0.25) is 0 Å². The number of para-hydroxylation sites is 1. The van der Waals surface area contributed by atoms with E-state index in [0.717, 1.165) is 5.69 Å². The Morgan fingerprint density at radius 3 is 2.60 bits per heavy atom. The highest BCUT2D eigenvalue weighted by Crippen LogP contribution is 2.51. The molecule has 112 valence electrons. The van der Waals surface area contributed by atoms with Crippen molar-refractivity contribution in [1.29, 1.82) is 0 Å². The molecular weight excluding hydrogens is 274 g/mol. The average Bonchev–Trinajstić information content (AvgIpc) is 2.81. The minimum absolute atomic E-state index is 0.387. The van der Waals surface area contributed by atoms with Crippen LogP contribution in [0.4, 0.5) is 5.69 Å². The van der Waals surface area contributed by atoms with Gasteiger partial charge in [0.1, 0.15) is 11.5 Å². The smallest absolute Gasteiger partial charge is 0.225 e. The van der Waals surface area contributed by atoms with Gasteiger partial charge in [0.15, 0.2) is 0 Å². The van der Waals surface area contributed by atoms with Crippen molar-refractivity contribution in [2.45, 2.75) is 36.3 Å². The Morgan fingerprint density at radius 1 is 1.25 bits per heavy atom. The molecule has 0 radical (unpaired) electrons. The Hall–Kier alpha value is -0.750. The van der Waals surface area contributed by atoms with Gasteiger partial charge in [-0.3, -0.25) is 0 Å². The minimum Gasteiger partial charge on any atom is -0.376 e. The fourth-order valence-corrected chi connectivity index (χ4v) is 3.77. The highest BCUT2D eigenvalue weighted by Gasteiger charge is 2.54. The lowest BCUT2D eigenvalue weighted by molar-refractivity contribution is -0.258. The van der Waals surface area contributed by atoms with Gasteiger partial charge in [-0.05, 0) is 32.9 Å². The van der Waals surface area contributed by atoms with E-state index in [4.69, 9.17) is 14.2 Å². The third-order valence-corrected chi connectivity index (χ3v) is 4.90. The molecule has 1 aromatic rings. The number of thioether (sulfide) groups is 1. The van der Waals surface area contributed by atoms with Crippen molar-refractivity contribution in [3.8, 4) is 0 Å². The van der Waals surface area contributed by atoms with E-state index in [9.17, 15) is 0 Å². The third-order valence-electron chi connectivity index (χ3n) is 3.50. The highest BCUT2D eigenvalue weighted by molar-refractivity contribution is 8.01. The molecule has 0 amide bonds. The molecule has 0 fully saturated rings. The summed E-state index contributed by atoms with van der Waals surface area (Å²) in [7, 11) is 1.67. The van der Waals surface area contributed by atoms with Crippen LogP contribution in [0.15, 0.2) is 29.2 Å². The molecule has 0 saturated heterocycles. The first kappa shape index (κ1) is 15.6. The SMILES string of the molecule is CCOCC(OC)(OCC)C1(C)Nc2ccccc2S1. The summed E-state index contributed by atoms with van der Waals surface area (Å²) in [6.07, 6.45) is 0. The Bertz CT molecular complexity index is 429. The maximum atomic E-state index is 5.97. The van der Waals surface area contributed by atoms with Gasteiger partial charge in [0, 0.05) is 30.9 Å². The van der Waals surface area contributed by atoms with E-state index in [1.165, 1.54) is 4.90 Å². The van der Waals surface area contributed by atoms with Crippen LogP contribution >= 0.6 is 11.8 Å². The molecule has 2 atom stereocenters. The quantitative estimate of drug-likeness (QED) is 0.782. The third kappa shape index (κ3) is 2.68. The number of methoxy groups -OCH3 is 1. The molecule has 1 aromatic carbocycles. The van der Waals surface area contributed by atoms with Gasteiger partial charge in [-0.2, -0.15) is 0 Å². The van der Waals surface area contributed by atoms with Crippen molar-refractivity contribution in [3.63, 3.8) is 0 Å². The number of hydrogen-bond donors (Lipinski definition) is 1. The summed E-state index contributed by atoms with van der Waals surface area (Å²) in [4.78, 5) is 0.768. The average molecular weight is 297 g/mol. The molecule has 1 aliphatic rings. The lowest BCUT2D eigenvalue weighted by atomic mass is 10.1. The molecule has 20 heavy (non-hydrogen) atoms. The fraction of sp³-hybridized carbons (Fsp3) is 0.600. The number of ether oxygens (including phenoxy) is 3. The predicted octanol–water partition coefficient (Wildman–Crippen LogP) is 3.34. The first-order valence-corrected chi connectivity index (χ1v) is 7.75. The summed E-state index contributed by atoms with van der Waals surface area (Å²) in [5.74, 6) is -0.832. The predicted molar refractivity (Wildman–Crippen MR) is 82.2 cm³/mol. The first-order valence-electron chi connectivity index (χ1n) is 6.94. The Labute approximate surface area is 125 Å². The Morgan fingerprint density at radius 2 is 2.00 bits per heavy atom. The molecule has 0 bridgehead atoms. The van der Waals surface area contributed by atoms with Gasteiger partial charge in [0.25, 0.3) is 0 Å². The molecule has 1 aliphatic heterocycles. The van der Waals surface area contributed by atoms with Crippen molar-refractivity contribution in [1.82, 2.24) is 0 Å². The maximum absolute atomic E-state index is 5.97. The monoisotopic (exact) mass is 297 g/mol. The molecule has 4 nitrogen and oxygen atoms in total. The van der Waals surface area contributed by atoms with Crippen LogP contribution in [0.5, 0.6) is 0 Å². The molecule has 0 saturated carbocycles. The molecule has 0 aromatic heterocycles. The van der Waals surface area contributed by atoms with E-state index in [1.807, 2.05) is 26.0 Å². The standard InChI is InChI=1S/C15H23NO3S/c1-5-18-11-15(17-4,19-6-2)14(3)16-12-9-7-8-10-13(12)20-14/h7-10,16H,5-6,11H2,1-4H3. The van der Waals surface area contributed by atoms with Gasteiger partial charge in [-0.15, -0.1) is 0 Å². The zero-order valence-electron chi connectivity index (χ0n) is 12.6. The topological polar surface area (TPSA) is 39.7 Å². The molecule has 2 rings (SSSR count). The van der Waals surface area contributed by atoms with E-state index in [0.29, 0.717) is 19.8 Å². The van der Waals surface area contributed by atoms with Crippen LogP contribution in [0.3, 0.4) is 0 Å². The molecule has 1 heterocycles. The van der Waals surface area contributed by atoms with E-state index < -0.39 is 10.7 Å². The Balaban J connectivity index is 2.29. The van der Waals surface area contributed by atoms with Crippen LogP contribution in [0.25, 0.3) is 0 Å². The first-order chi connectivity index (χ1) is 9.61. The van der Waals surface area contributed by atoms with Gasteiger partial charge >= 0.3 is 0 Å². The minimum atomic E-state index is -0.832. The zero-order chi connectivity index (χ0) is 14.6. The molecular formula is C15H23NO3S. The van der Waals surface area contributed by atoms with Crippen molar-refractivity contribution in [2.24, 2.45) is 0 Å². The van der Waals surface area contributed by atoms with Crippen molar-refractivity contribution in [3.05, 3.63) is 24.3 Å². The second-order valence-electron chi connectivity index (χ2n) is 4.78. The van der Waals surface area contributed by atoms with E-state index in [1.54, 1.807) is 18.9 Å². The summed E-state index contributed by atoms with van der Waals surface area (Å²) in [5.41, 5.74) is 1.11. The highest BCUT2D eigenvalue weighted by atomic mass is 32.2. The maximum Gasteiger partial charge on any atom is 0.225 e. The number of fused-ring (bicyclic) bond motifs is 1. The zero-order valence-corrected chi connectivity index (χ0v) is 13.4. The van der Waals surface area contributed by atoms with Crippen LogP contribution in [0.1, 0.15) is 20.8 Å². The van der Waals surface area contributed by atoms with E-state index in [2.05, 4.69) is 24.4 Å². The fourth-order valence-electron chi connectivity index (χ4n) is 2.43. The number of nitrogens with one attached hydrogen (secondary N) is 1. The van der Waals surface area contributed by atoms with Crippen molar-refractivity contribution < 1.29 is 14.2 Å². The van der Waals surface area contributed by atoms with Crippen LogP contribution < -0.4 is 5.32 Å². The summed E-state index contributed by atoms with van der Waals surface area (Å²) < 4.78 is 17.4. The van der Waals surface area contributed by atoms with Crippen LogP contribution in [0, 0.1) is 0 Å². The normalized spacial score (nSPS) is 24.0. The molecule has 1 N–H and O–H groups in total. The lowest BCUT2D eigenvalue weighted by Gasteiger charge is -2.43. The van der Waals surface area contributed by atoms with Crippen molar-refractivity contribution >= 4 is 17.4 Å². The van der Waals surface area contributed by atoms with Gasteiger partial charge in [0.05, 0.1) is 0 Å². The molecule has 5 heteroatoms. The van der Waals surface area contributed by atoms with Gasteiger partial charge in [-0.1, -0.05) is 23.9 Å². The number of benzene rings is 1. The number of rotatable bonds is 7. The summed E-state index contributed by atoms with van der Waals surface area (Å²) in [6, 6.07) is 8.23.